The summed E-state index contributed by atoms with van der Waals surface area (Å²) in [6.45, 7) is 2.04. The number of nitrogens with one attached hydrogen (secondary N) is 1. The number of nitrogen functional groups attached to an aromatic ring is 1. The third-order valence-corrected chi connectivity index (χ3v) is 3.30. The number of benzene rings is 1. The van der Waals surface area contributed by atoms with E-state index >= 15 is 0 Å². The summed E-state index contributed by atoms with van der Waals surface area (Å²) >= 11 is 0. The topological polar surface area (TPSA) is 43.0 Å². The Morgan fingerprint density at radius 2 is 2.27 bits per heavy atom. The summed E-state index contributed by atoms with van der Waals surface area (Å²) in [4.78, 5) is 0. The largest absolute Gasteiger partial charge is 0.399 e. The highest BCUT2D eigenvalue weighted by Crippen LogP contribution is 2.28. The average molecular weight is 201 g/mol. The monoisotopic (exact) mass is 201 g/mol. The van der Waals surface area contributed by atoms with E-state index in [0.29, 0.717) is 0 Å². The van der Waals surface area contributed by atoms with Gasteiger partial charge in [0, 0.05) is 48.8 Å². The Morgan fingerprint density at radius 1 is 1.40 bits per heavy atom. The first-order valence-corrected chi connectivity index (χ1v) is 5.34. The van der Waals surface area contributed by atoms with Crippen LogP contribution >= 0.6 is 0 Å². The molecule has 3 nitrogen and oxygen atoms in total. The predicted molar refractivity (Wildman–Crippen MR) is 62.7 cm³/mol. The zero-order chi connectivity index (χ0) is 10.4. The standard InChI is InChI=1S/C12H15N3/c1-15-11-3-2-8(13)6-9(11)10-7-14-5-4-12(10)15/h2-3,6,14H,4-5,7,13H2,1H3. The van der Waals surface area contributed by atoms with Crippen LogP contribution in [0.25, 0.3) is 10.9 Å². The van der Waals surface area contributed by atoms with E-state index in [9.17, 15) is 0 Å². The van der Waals surface area contributed by atoms with Crippen molar-refractivity contribution in [2.75, 3.05) is 12.3 Å². The minimum absolute atomic E-state index is 0.849. The average Bonchev–Trinajstić information content (AvgIpc) is 2.54. The van der Waals surface area contributed by atoms with Crippen molar-refractivity contribution in [3.8, 4) is 0 Å². The van der Waals surface area contributed by atoms with Crippen LogP contribution in [0.5, 0.6) is 0 Å². The van der Waals surface area contributed by atoms with E-state index in [1.54, 1.807) is 0 Å². The van der Waals surface area contributed by atoms with Crippen molar-refractivity contribution in [3.05, 3.63) is 29.5 Å². The third kappa shape index (κ3) is 1.16. The summed E-state index contributed by atoms with van der Waals surface area (Å²) in [5.41, 5.74) is 10.9. The van der Waals surface area contributed by atoms with Crippen molar-refractivity contribution in [3.63, 3.8) is 0 Å². The van der Waals surface area contributed by atoms with E-state index in [1.807, 2.05) is 6.07 Å². The highest BCUT2D eigenvalue weighted by molar-refractivity contribution is 5.88. The normalized spacial score (nSPS) is 15.5. The number of rotatable bonds is 0. The fourth-order valence-electron chi connectivity index (χ4n) is 2.53. The highest BCUT2D eigenvalue weighted by Gasteiger charge is 2.17. The number of aromatic nitrogens is 1. The molecular formula is C12H15N3. The molecule has 3 rings (SSSR count). The van der Waals surface area contributed by atoms with Gasteiger partial charge in [0.25, 0.3) is 0 Å². The van der Waals surface area contributed by atoms with Crippen molar-refractivity contribution in [1.82, 2.24) is 9.88 Å². The number of nitrogens with zero attached hydrogens (tertiary/aromatic N) is 1. The van der Waals surface area contributed by atoms with Crippen LogP contribution in [0.4, 0.5) is 5.69 Å². The van der Waals surface area contributed by atoms with Gasteiger partial charge in [-0.05, 0) is 23.8 Å². The summed E-state index contributed by atoms with van der Waals surface area (Å²) in [6.07, 6.45) is 1.11. The molecule has 1 aromatic heterocycles. The zero-order valence-electron chi connectivity index (χ0n) is 8.88. The lowest BCUT2D eigenvalue weighted by molar-refractivity contribution is 0.622. The van der Waals surface area contributed by atoms with Gasteiger partial charge in [-0.1, -0.05) is 0 Å². The molecule has 2 aromatic rings. The summed E-state index contributed by atoms with van der Waals surface area (Å²) in [6, 6.07) is 6.17. The molecule has 0 aliphatic carbocycles. The molecule has 0 spiro atoms. The number of fused-ring (bicyclic) bond motifs is 3. The van der Waals surface area contributed by atoms with Crippen molar-refractivity contribution < 1.29 is 0 Å². The zero-order valence-corrected chi connectivity index (χ0v) is 8.88. The summed E-state index contributed by atoms with van der Waals surface area (Å²) < 4.78 is 2.30. The minimum atomic E-state index is 0.849. The van der Waals surface area contributed by atoms with Crippen LogP contribution in [0.3, 0.4) is 0 Å². The fraction of sp³-hybridized carbons (Fsp3) is 0.333. The molecule has 15 heavy (non-hydrogen) atoms. The SMILES string of the molecule is Cn1c2c(c3cc(N)ccc31)CNCC2. The first-order chi connectivity index (χ1) is 7.27. The molecule has 0 radical (unpaired) electrons. The number of anilines is 1. The Kier molecular flexibility index (Phi) is 1.76. The molecule has 0 fully saturated rings. The molecule has 0 amide bonds. The lowest BCUT2D eigenvalue weighted by Crippen LogP contribution is -2.24. The summed E-state index contributed by atoms with van der Waals surface area (Å²) in [5.74, 6) is 0. The van der Waals surface area contributed by atoms with Gasteiger partial charge in [-0.3, -0.25) is 0 Å². The van der Waals surface area contributed by atoms with Crippen molar-refractivity contribution in [1.29, 1.82) is 0 Å². The van der Waals surface area contributed by atoms with Gasteiger partial charge in [0.1, 0.15) is 0 Å². The quantitative estimate of drug-likeness (QED) is 0.633. The Morgan fingerprint density at radius 3 is 3.13 bits per heavy atom. The van der Waals surface area contributed by atoms with Crippen LogP contribution in [-0.4, -0.2) is 11.1 Å². The first kappa shape index (κ1) is 8.80. The Balaban J connectivity index is 2.39. The van der Waals surface area contributed by atoms with Gasteiger partial charge in [-0.2, -0.15) is 0 Å². The molecule has 0 atom stereocenters. The molecular weight excluding hydrogens is 186 g/mol. The highest BCUT2D eigenvalue weighted by atomic mass is 15.0. The number of aryl methyl sites for hydroxylation is 1. The van der Waals surface area contributed by atoms with Gasteiger partial charge >= 0.3 is 0 Å². The van der Waals surface area contributed by atoms with E-state index in [-0.39, 0.29) is 0 Å². The van der Waals surface area contributed by atoms with Gasteiger partial charge < -0.3 is 15.6 Å². The second-order valence-electron chi connectivity index (χ2n) is 4.19. The molecule has 0 saturated carbocycles. The smallest absolute Gasteiger partial charge is 0.0484 e. The fourth-order valence-corrected chi connectivity index (χ4v) is 2.53. The van der Waals surface area contributed by atoms with Gasteiger partial charge in [0.05, 0.1) is 0 Å². The maximum atomic E-state index is 5.84. The van der Waals surface area contributed by atoms with Crippen LogP contribution in [0.2, 0.25) is 0 Å². The Bertz CT molecular complexity index is 525. The number of nitrogens with two attached hydrogens (primary N) is 1. The van der Waals surface area contributed by atoms with Crippen molar-refractivity contribution in [2.24, 2.45) is 7.05 Å². The molecule has 0 unspecified atom stereocenters. The third-order valence-electron chi connectivity index (χ3n) is 3.30. The van der Waals surface area contributed by atoms with Crippen LogP contribution in [0.1, 0.15) is 11.3 Å². The van der Waals surface area contributed by atoms with E-state index in [1.165, 1.54) is 22.2 Å². The molecule has 1 aliphatic rings. The summed E-state index contributed by atoms with van der Waals surface area (Å²) in [5, 5.41) is 4.72. The van der Waals surface area contributed by atoms with E-state index in [0.717, 1.165) is 25.2 Å². The molecule has 0 bridgehead atoms. The van der Waals surface area contributed by atoms with Gasteiger partial charge in [0.2, 0.25) is 0 Å². The maximum Gasteiger partial charge on any atom is 0.0484 e. The molecule has 0 saturated heterocycles. The lowest BCUT2D eigenvalue weighted by Gasteiger charge is -2.14. The summed E-state index contributed by atoms with van der Waals surface area (Å²) in [7, 11) is 2.14. The van der Waals surface area contributed by atoms with Crippen molar-refractivity contribution >= 4 is 16.6 Å². The van der Waals surface area contributed by atoms with Gasteiger partial charge in [-0.15, -0.1) is 0 Å². The van der Waals surface area contributed by atoms with Crippen LogP contribution in [-0.2, 0) is 20.0 Å². The second-order valence-corrected chi connectivity index (χ2v) is 4.19. The minimum Gasteiger partial charge on any atom is -0.399 e. The maximum absolute atomic E-state index is 5.84. The van der Waals surface area contributed by atoms with E-state index in [2.05, 4.69) is 29.1 Å². The van der Waals surface area contributed by atoms with E-state index < -0.39 is 0 Å². The molecule has 3 heteroatoms. The van der Waals surface area contributed by atoms with E-state index in [4.69, 9.17) is 5.73 Å². The molecule has 3 N–H and O–H groups in total. The number of hydrogen-bond donors (Lipinski definition) is 2. The second kappa shape index (κ2) is 3.00. The van der Waals surface area contributed by atoms with Crippen molar-refractivity contribution in [2.45, 2.75) is 13.0 Å². The van der Waals surface area contributed by atoms with Crippen LogP contribution in [0.15, 0.2) is 18.2 Å². The van der Waals surface area contributed by atoms with Gasteiger partial charge in [-0.25, -0.2) is 0 Å². The first-order valence-electron chi connectivity index (χ1n) is 5.34. The Hall–Kier alpha value is -1.48. The predicted octanol–water partition coefficient (Wildman–Crippen LogP) is 1.41. The molecule has 1 aliphatic heterocycles. The van der Waals surface area contributed by atoms with Gasteiger partial charge in [0.15, 0.2) is 0 Å². The molecule has 1 aromatic carbocycles. The van der Waals surface area contributed by atoms with Crippen LogP contribution in [0, 0.1) is 0 Å². The lowest BCUT2D eigenvalue weighted by atomic mass is 10.1. The number of hydrogen-bond acceptors (Lipinski definition) is 2. The Labute approximate surface area is 88.9 Å². The van der Waals surface area contributed by atoms with Crippen LogP contribution < -0.4 is 11.1 Å². The molecule has 2 heterocycles. The molecule has 78 valence electrons.